The van der Waals surface area contributed by atoms with Crippen LogP contribution >= 0.6 is 0 Å². The predicted molar refractivity (Wildman–Crippen MR) is 123 cm³/mol. The van der Waals surface area contributed by atoms with E-state index in [0.717, 1.165) is 22.4 Å². The van der Waals surface area contributed by atoms with Crippen LogP contribution in [0.2, 0.25) is 0 Å². The van der Waals surface area contributed by atoms with E-state index < -0.39 is 10.0 Å². The van der Waals surface area contributed by atoms with Crippen LogP contribution in [0.4, 0.5) is 0 Å². The second-order valence-corrected chi connectivity index (χ2v) is 9.24. The number of aryl methyl sites for hydroxylation is 1. The molecule has 3 aromatic heterocycles. The molecule has 7 nitrogen and oxygen atoms in total. The highest BCUT2D eigenvalue weighted by Crippen LogP contribution is 2.38. The minimum absolute atomic E-state index is 0.200. The van der Waals surface area contributed by atoms with Crippen LogP contribution in [0.25, 0.3) is 33.4 Å². The van der Waals surface area contributed by atoms with Gasteiger partial charge in [0.25, 0.3) is 10.0 Å². The Kier molecular flexibility index (Phi) is 4.79. The fourth-order valence-electron chi connectivity index (χ4n) is 3.73. The van der Waals surface area contributed by atoms with Gasteiger partial charge in [-0.25, -0.2) is 17.4 Å². The van der Waals surface area contributed by atoms with Gasteiger partial charge in [-0.1, -0.05) is 35.9 Å². The molecule has 3 heterocycles. The number of nitrogens with zero attached hydrogens (tertiary/aromatic N) is 3. The molecule has 0 radical (unpaired) electrons. The molecule has 0 amide bonds. The average molecular weight is 445 g/mol. The van der Waals surface area contributed by atoms with E-state index in [2.05, 4.69) is 15.2 Å². The van der Waals surface area contributed by atoms with Crippen molar-refractivity contribution in [2.45, 2.75) is 11.8 Å². The van der Waals surface area contributed by atoms with Crippen LogP contribution in [-0.4, -0.2) is 34.7 Å². The van der Waals surface area contributed by atoms with Gasteiger partial charge in [-0.2, -0.15) is 5.10 Å². The summed E-state index contributed by atoms with van der Waals surface area (Å²) in [6.07, 6.45) is 4.91. The molecule has 0 fully saturated rings. The number of methoxy groups -OCH3 is 1. The topological polar surface area (TPSA) is 89.9 Å². The Morgan fingerprint density at radius 1 is 1.00 bits per heavy atom. The van der Waals surface area contributed by atoms with Gasteiger partial charge in [0.1, 0.15) is 5.75 Å². The molecule has 1 N–H and O–H groups in total. The molecule has 0 unspecified atom stereocenters. The van der Waals surface area contributed by atoms with Gasteiger partial charge in [0.2, 0.25) is 0 Å². The molecule has 160 valence electrons. The molecule has 0 aliphatic heterocycles. The molecule has 0 bridgehead atoms. The Bertz CT molecular complexity index is 1520. The lowest BCUT2D eigenvalue weighted by Gasteiger charge is -2.07. The monoisotopic (exact) mass is 444 g/mol. The van der Waals surface area contributed by atoms with Gasteiger partial charge in [-0.15, -0.1) is 0 Å². The maximum absolute atomic E-state index is 13.5. The average Bonchev–Trinajstić information content (AvgIpc) is 3.47. The number of benzene rings is 2. The van der Waals surface area contributed by atoms with Crippen LogP contribution in [0, 0.1) is 6.92 Å². The molecule has 2 aromatic carbocycles. The summed E-state index contributed by atoms with van der Waals surface area (Å²) >= 11 is 0. The minimum Gasteiger partial charge on any atom is -0.496 e. The third-order valence-electron chi connectivity index (χ3n) is 5.40. The number of rotatable bonds is 5. The number of nitrogens with one attached hydrogen (secondary N) is 1. The van der Waals surface area contributed by atoms with E-state index in [-0.39, 0.29) is 4.90 Å². The third kappa shape index (κ3) is 3.25. The van der Waals surface area contributed by atoms with E-state index in [9.17, 15) is 8.42 Å². The van der Waals surface area contributed by atoms with Crippen LogP contribution < -0.4 is 4.74 Å². The van der Waals surface area contributed by atoms with Gasteiger partial charge in [-0.3, -0.25) is 5.10 Å². The molecular weight excluding hydrogens is 424 g/mol. The molecular formula is C24H20N4O3S. The summed E-state index contributed by atoms with van der Waals surface area (Å²) in [4.78, 5) is 4.74. The van der Waals surface area contributed by atoms with E-state index in [0.29, 0.717) is 22.3 Å². The van der Waals surface area contributed by atoms with E-state index in [1.807, 2.05) is 43.3 Å². The van der Waals surface area contributed by atoms with Crippen molar-refractivity contribution in [2.75, 3.05) is 7.11 Å². The van der Waals surface area contributed by atoms with E-state index in [1.165, 1.54) is 3.97 Å². The Labute approximate surface area is 185 Å². The van der Waals surface area contributed by atoms with Crippen LogP contribution in [0.3, 0.4) is 0 Å². The van der Waals surface area contributed by atoms with Gasteiger partial charge in [-0.05, 0) is 37.3 Å². The molecule has 0 aliphatic carbocycles. The first-order valence-electron chi connectivity index (χ1n) is 9.95. The highest BCUT2D eigenvalue weighted by atomic mass is 32.2. The predicted octanol–water partition coefficient (Wildman–Crippen LogP) is 4.65. The number of aromatic nitrogens is 4. The van der Waals surface area contributed by atoms with Crippen molar-refractivity contribution < 1.29 is 13.2 Å². The molecule has 0 spiro atoms. The number of hydrogen-bond acceptors (Lipinski definition) is 5. The molecule has 0 atom stereocenters. The summed E-state index contributed by atoms with van der Waals surface area (Å²) in [6, 6.07) is 18.0. The van der Waals surface area contributed by atoms with E-state index in [1.54, 1.807) is 50.0 Å². The number of para-hydroxylation sites is 1. The minimum atomic E-state index is -3.86. The summed E-state index contributed by atoms with van der Waals surface area (Å²) in [5.74, 6) is 0.645. The number of pyridine rings is 1. The van der Waals surface area contributed by atoms with Crippen molar-refractivity contribution in [1.29, 1.82) is 0 Å². The van der Waals surface area contributed by atoms with Crippen LogP contribution in [0.15, 0.2) is 84.1 Å². The van der Waals surface area contributed by atoms with Crippen LogP contribution in [0.5, 0.6) is 5.75 Å². The zero-order chi connectivity index (χ0) is 22.3. The number of aromatic amines is 1. The number of ether oxygens (including phenoxy) is 1. The summed E-state index contributed by atoms with van der Waals surface area (Å²) in [5, 5.41) is 7.62. The van der Waals surface area contributed by atoms with Gasteiger partial charge in [0.05, 0.1) is 17.7 Å². The van der Waals surface area contributed by atoms with Crippen LogP contribution in [-0.2, 0) is 10.0 Å². The fraction of sp³-hybridized carbons (Fsp3) is 0.0833. The summed E-state index contributed by atoms with van der Waals surface area (Å²) in [7, 11) is -2.27. The molecule has 0 saturated heterocycles. The quantitative estimate of drug-likeness (QED) is 0.426. The largest absolute Gasteiger partial charge is 0.496 e. The van der Waals surface area contributed by atoms with Crippen molar-refractivity contribution in [3.8, 4) is 28.1 Å². The summed E-state index contributed by atoms with van der Waals surface area (Å²) < 4.78 is 33.9. The van der Waals surface area contributed by atoms with Crippen molar-refractivity contribution >= 4 is 21.1 Å². The van der Waals surface area contributed by atoms with Crippen molar-refractivity contribution in [2.24, 2.45) is 0 Å². The van der Waals surface area contributed by atoms with Crippen LogP contribution in [0.1, 0.15) is 5.56 Å². The lowest BCUT2D eigenvalue weighted by Crippen LogP contribution is -2.12. The molecule has 5 rings (SSSR count). The highest BCUT2D eigenvalue weighted by Gasteiger charge is 2.24. The first-order valence-corrected chi connectivity index (χ1v) is 11.4. The normalized spacial score (nSPS) is 11.7. The number of hydrogen-bond donors (Lipinski definition) is 1. The van der Waals surface area contributed by atoms with E-state index >= 15 is 0 Å². The van der Waals surface area contributed by atoms with Crippen molar-refractivity contribution in [3.63, 3.8) is 0 Å². The smallest absolute Gasteiger partial charge is 0.269 e. The number of fused-ring (bicyclic) bond motifs is 1. The maximum atomic E-state index is 13.5. The molecule has 5 aromatic rings. The van der Waals surface area contributed by atoms with E-state index in [4.69, 9.17) is 4.74 Å². The lowest BCUT2D eigenvalue weighted by molar-refractivity contribution is 0.416. The van der Waals surface area contributed by atoms with Crippen molar-refractivity contribution in [1.82, 2.24) is 19.2 Å². The third-order valence-corrected chi connectivity index (χ3v) is 7.06. The first kappa shape index (κ1) is 20.0. The second kappa shape index (κ2) is 7.65. The summed E-state index contributed by atoms with van der Waals surface area (Å²) in [5.41, 5.74) is 4.41. The number of H-pyrrole nitrogens is 1. The standard InChI is InChI=1S/C24H20N4O3S/c1-16-7-9-18(10-8-16)32(29,30)28-15-21(19-5-3-4-6-23(19)31-2)20-13-17(14-25-24(20)28)22-11-12-26-27-22/h3-15H,1-2H3,(H,26,27). The Morgan fingerprint density at radius 2 is 1.78 bits per heavy atom. The SMILES string of the molecule is COc1ccccc1-c1cn(S(=O)(=O)c2ccc(C)cc2)c2ncc(-c3ccn[nH]3)cc12. The van der Waals surface area contributed by atoms with Gasteiger partial charge >= 0.3 is 0 Å². The highest BCUT2D eigenvalue weighted by molar-refractivity contribution is 7.90. The van der Waals surface area contributed by atoms with Gasteiger partial charge < -0.3 is 4.74 Å². The molecule has 8 heteroatoms. The van der Waals surface area contributed by atoms with Gasteiger partial charge in [0, 0.05) is 40.7 Å². The zero-order valence-electron chi connectivity index (χ0n) is 17.5. The Hall–Kier alpha value is -3.91. The molecule has 0 saturated carbocycles. The summed E-state index contributed by atoms with van der Waals surface area (Å²) in [6.45, 7) is 1.92. The zero-order valence-corrected chi connectivity index (χ0v) is 18.3. The molecule has 32 heavy (non-hydrogen) atoms. The fourth-order valence-corrected chi connectivity index (χ4v) is 5.06. The Balaban J connectivity index is 1.80. The lowest BCUT2D eigenvalue weighted by atomic mass is 10.0. The Morgan fingerprint density at radius 3 is 2.50 bits per heavy atom. The van der Waals surface area contributed by atoms with Gasteiger partial charge in [0.15, 0.2) is 5.65 Å². The first-order chi connectivity index (χ1) is 15.5. The molecule has 0 aliphatic rings. The maximum Gasteiger partial charge on any atom is 0.269 e. The second-order valence-electron chi connectivity index (χ2n) is 7.42. The van der Waals surface area contributed by atoms with Crippen molar-refractivity contribution in [3.05, 3.63) is 84.8 Å².